The number of likely N-dealkylation sites (N-methyl/N-ethyl adjacent to an activating group) is 1. The number of ether oxygens (including phenoxy) is 1. The molecule has 2 aromatic rings. The molecule has 100 valence electrons. The summed E-state index contributed by atoms with van der Waals surface area (Å²) in [7, 11) is 3.75. The summed E-state index contributed by atoms with van der Waals surface area (Å²) in [5, 5.41) is 10.8. The zero-order valence-corrected chi connectivity index (χ0v) is 11.3. The van der Waals surface area contributed by atoms with Crippen molar-refractivity contribution in [1.29, 1.82) is 0 Å². The van der Waals surface area contributed by atoms with Crippen molar-refractivity contribution in [2.24, 2.45) is 0 Å². The average molecular weight is 258 g/mol. The van der Waals surface area contributed by atoms with Crippen molar-refractivity contribution in [2.75, 3.05) is 20.7 Å². The molecular weight excluding hydrogens is 240 g/mol. The molecule has 0 amide bonds. The van der Waals surface area contributed by atoms with Crippen molar-refractivity contribution in [3.8, 4) is 5.75 Å². The van der Waals surface area contributed by atoms with Crippen molar-refractivity contribution < 1.29 is 9.84 Å². The number of nitrogens with zero attached hydrogens (tertiary/aromatic N) is 2. The van der Waals surface area contributed by atoms with E-state index in [1.165, 1.54) is 5.56 Å². The third kappa shape index (κ3) is 1.97. The molecule has 4 heteroatoms. The van der Waals surface area contributed by atoms with Crippen molar-refractivity contribution in [3.05, 3.63) is 35.0 Å². The van der Waals surface area contributed by atoms with E-state index in [0.717, 1.165) is 47.4 Å². The number of hydrogen-bond donors (Lipinski definition) is 1. The Bertz CT molecular complexity index is 625. The van der Waals surface area contributed by atoms with Crippen molar-refractivity contribution in [1.82, 2.24) is 9.88 Å². The van der Waals surface area contributed by atoms with Gasteiger partial charge in [-0.25, -0.2) is 4.98 Å². The number of aliphatic hydroxyl groups excluding tert-OH is 1. The molecule has 0 atom stereocenters. The molecule has 19 heavy (non-hydrogen) atoms. The number of pyridine rings is 1. The lowest BCUT2D eigenvalue weighted by Gasteiger charge is -2.27. The van der Waals surface area contributed by atoms with Crippen LogP contribution in [-0.2, 0) is 19.6 Å². The second kappa shape index (κ2) is 4.79. The van der Waals surface area contributed by atoms with Crippen LogP contribution in [-0.4, -0.2) is 35.7 Å². The lowest BCUT2D eigenvalue weighted by Crippen LogP contribution is -2.28. The van der Waals surface area contributed by atoms with Gasteiger partial charge in [-0.2, -0.15) is 0 Å². The number of methoxy groups -OCH3 is 1. The van der Waals surface area contributed by atoms with Crippen LogP contribution in [0.15, 0.2) is 18.2 Å². The number of aromatic nitrogens is 1. The van der Waals surface area contributed by atoms with Gasteiger partial charge in [0.1, 0.15) is 11.3 Å². The minimum Gasteiger partial charge on any atom is -0.494 e. The van der Waals surface area contributed by atoms with Crippen LogP contribution in [0.25, 0.3) is 10.9 Å². The predicted molar refractivity (Wildman–Crippen MR) is 74.3 cm³/mol. The van der Waals surface area contributed by atoms with Gasteiger partial charge in [0.05, 0.1) is 13.7 Å². The average Bonchev–Trinajstić information content (AvgIpc) is 2.44. The second-order valence-electron chi connectivity index (χ2n) is 5.02. The van der Waals surface area contributed by atoms with Crippen LogP contribution < -0.4 is 4.74 Å². The van der Waals surface area contributed by atoms with Crippen LogP contribution in [0.4, 0.5) is 0 Å². The SMILES string of the molecule is COc1cccc2c(CO)c3c(nc12)CCN(C)C3. The molecule has 0 bridgehead atoms. The Kier molecular flexibility index (Phi) is 3.12. The summed E-state index contributed by atoms with van der Waals surface area (Å²) in [6.45, 7) is 1.90. The maximum atomic E-state index is 9.75. The zero-order chi connectivity index (χ0) is 13.4. The maximum Gasteiger partial charge on any atom is 0.145 e. The van der Waals surface area contributed by atoms with Gasteiger partial charge < -0.3 is 14.7 Å². The van der Waals surface area contributed by atoms with Gasteiger partial charge in [0.2, 0.25) is 0 Å². The standard InChI is InChI=1S/C15H18N2O2/c1-17-7-6-13-11(8-17)12(9-18)10-4-3-5-14(19-2)15(10)16-13/h3-5,18H,6-9H2,1-2H3. The van der Waals surface area contributed by atoms with E-state index in [0.29, 0.717) is 0 Å². The molecule has 0 unspecified atom stereocenters. The molecule has 0 fully saturated rings. The first-order chi connectivity index (χ1) is 9.24. The zero-order valence-electron chi connectivity index (χ0n) is 11.3. The number of aliphatic hydroxyl groups is 1. The van der Waals surface area contributed by atoms with Crippen molar-refractivity contribution in [2.45, 2.75) is 19.6 Å². The highest BCUT2D eigenvalue weighted by atomic mass is 16.5. The molecule has 0 radical (unpaired) electrons. The van der Waals surface area contributed by atoms with Gasteiger partial charge in [-0.05, 0) is 24.2 Å². The lowest BCUT2D eigenvalue weighted by atomic mass is 9.96. The van der Waals surface area contributed by atoms with Crippen molar-refractivity contribution in [3.63, 3.8) is 0 Å². The Hall–Kier alpha value is -1.65. The summed E-state index contributed by atoms with van der Waals surface area (Å²) in [6, 6.07) is 5.87. The van der Waals surface area contributed by atoms with Gasteiger partial charge in [-0.3, -0.25) is 0 Å². The molecule has 4 nitrogen and oxygen atoms in total. The summed E-state index contributed by atoms with van der Waals surface area (Å²) >= 11 is 0. The quantitative estimate of drug-likeness (QED) is 0.891. The summed E-state index contributed by atoms with van der Waals surface area (Å²) in [5.74, 6) is 0.772. The largest absolute Gasteiger partial charge is 0.494 e. The molecule has 3 rings (SSSR count). The Morgan fingerprint density at radius 3 is 3.00 bits per heavy atom. The summed E-state index contributed by atoms with van der Waals surface area (Å²) in [5.41, 5.74) is 4.12. The van der Waals surface area contributed by atoms with Gasteiger partial charge in [0.15, 0.2) is 0 Å². The van der Waals surface area contributed by atoms with Gasteiger partial charge in [0.25, 0.3) is 0 Å². The molecule has 2 heterocycles. The number of hydrogen-bond acceptors (Lipinski definition) is 4. The van der Waals surface area contributed by atoms with Gasteiger partial charge in [-0.1, -0.05) is 12.1 Å². The van der Waals surface area contributed by atoms with Crippen molar-refractivity contribution >= 4 is 10.9 Å². The Labute approximate surface area is 112 Å². The van der Waals surface area contributed by atoms with Gasteiger partial charge in [0, 0.05) is 30.6 Å². The molecule has 1 aromatic heterocycles. The smallest absolute Gasteiger partial charge is 0.145 e. The normalized spacial score (nSPS) is 15.5. The minimum atomic E-state index is 0.0440. The lowest BCUT2D eigenvalue weighted by molar-refractivity contribution is 0.271. The summed E-state index contributed by atoms with van der Waals surface area (Å²) in [4.78, 5) is 7.03. The van der Waals surface area contributed by atoms with E-state index >= 15 is 0 Å². The van der Waals surface area contributed by atoms with Gasteiger partial charge >= 0.3 is 0 Å². The Morgan fingerprint density at radius 2 is 2.26 bits per heavy atom. The fourth-order valence-corrected chi connectivity index (χ4v) is 2.80. The van der Waals surface area contributed by atoms with E-state index < -0.39 is 0 Å². The topological polar surface area (TPSA) is 45.6 Å². The predicted octanol–water partition coefficient (Wildman–Crippen LogP) is 1.72. The fourth-order valence-electron chi connectivity index (χ4n) is 2.80. The first-order valence-corrected chi connectivity index (χ1v) is 6.51. The van der Waals surface area contributed by atoms with Crippen LogP contribution in [0, 0.1) is 0 Å². The minimum absolute atomic E-state index is 0.0440. The molecule has 0 aliphatic carbocycles. The first-order valence-electron chi connectivity index (χ1n) is 6.51. The van der Waals surface area contributed by atoms with E-state index in [-0.39, 0.29) is 6.61 Å². The second-order valence-corrected chi connectivity index (χ2v) is 5.02. The molecular formula is C15H18N2O2. The highest BCUT2D eigenvalue weighted by Gasteiger charge is 2.21. The highest BCUT2D eigenvalue weighted by Crippen LogP contribution is 2.32. The molecule has 0 saturated heterocycles. The van der Waals surface area contributed by atoms with Crippen LogP contribution in [0.1, 0.15) is 16.8 Å². The Balaban J connectivity index is 2.32. The first kappa shape index (κ1) is 12.4. The third-order valence-electron chi connectivity index (χ3n) is 3.82. The number of rotatable bonds is 2. The third-order valence-corrected chi connectivity index (χ3v) is 3.82. The molecule has 1 N–H and O–H groups in total. The van der Waals surface area contributed by atoms with Crippen LogP contribution in [0.2, 0.25) is 0 Å². The molecule has 0 saturated carbocycles. The van der Waals surface area contributed by atoms with E-state index in [1.807, 2.05) is 18.2 Å². The molecule has 1 aromatic carbocycles. The number of benzene rings is 1. The Morgan fingerprint density at radius 1 is 1.42 bits per heavy atom. The summed E-state index contributed by atoms with van der Waals surface area (Å²) < 4.78 is 5.38. The molecule has 0 spiro atoms. The van der Waals surface area contributed by atoms with Gasteiger partial charge in [-0.15, -0.1) is 0 Å². The van der Waals surface area contributed by atoms with Crippen LogP contribution in [0.5, 0.6) is 5.75 Å². The highest BCUT2D eigenvalue weighted by molar-refractivity contribution is 5.88. The molecule has 1 aliphatic rings. The molecule has 1 aliphatic heterocycles. The van der Waals surface area contributed by atoms with Crippen LogP contribution >= 0.6 is 0 Å². The maximum absolute atomic E-state index is 9.75. The van der Waals surface area contributed by atoms with Crippen LogP contribution in [0.3, 0.4) is 0 Å². The van der Waals surface area contributed by atoms with E-state index in [4.69, 9.17) is 9.72 Å². The number of para-hydroxylation sites is 1. The van der Waals surface area contributed by atoms with E-state index in [9.17, 15) is 5.11 Å². The monoisotopic (exact) mass is 258 g/mol. The van der Waals surface area contributed by atoms with E-state index in [1.54, 1.807) is 7.11 Å². The van der Waals surface area contributed by atoms with E-state index in [2.05, 4.69) is 11.9 Å². The fraction of sp³-hybridized carbons (Fsp3) is 0.400. The number of fused-ring (bicyclic) bond motifs is 2. The summed E-state index contributed by atoms with van der Waals surface area (Å²) in [6.07, 6.45) is 0.923.